The molecule has 3 aliphatic carbocycles. The fourth-order valence-corrected chi connectivity index (χ4v) is 12.8. The minimum atomic E-state index is 0.624. The molecule has 6 unspecified atom stereocenters. The first-order chi connectivity index (χ1) is 59.6. The third kappa shape index (κ3) is 85.6. The second kappa shape index (κ2) is 99.3. The van der Waals surface area contributed by atoms with E-state index in [1.807, 2.05) is 172 Å². The van der Waals surface area contributed by atoms with Crippen LogP contribution in [0.4, 0.5) is 0 Å². The maximum Gasteiger partial charge on any atom is 0.0831 e. The van der Waals surface area contributed by atoms with Gasteiger partial charge >= 0.3 is 0 Å². The molecule has 2 saturated heterocycles. The average Bonchev–Trinajstić information content (AvgIpc) is 1.73. The summed E-state index contributed by atoms with van der Waals surface area (Å²) < 4.78 is 1.37. The molecule has 718 valence electrons. The standard InChI is InChI=1S/C10H8.C9H17N.C9H7N.C9H17N.C8H6S.2C7H8N2.C7H12N2.8C4H10.8C2H6/c1-2-6-10-8-4-3-7-9(10)5-1;2*1-2-6-9-8(4-1)5-3-7-10-9;1-2-4-9-7-10-6-5-8(9)3-1;1-2-4-8-7(3-1)5-6-9-8;1-2-8-4-7-5-9-3-6(1)7;1-2-6-4-8-5-7(6)9-3-1;1-2-4-7-6(3-1)8-5-9-7;8*1-4(2)3;8*1-2/h1-8H;8-10H,1-7H2;1-7H;8-10H,1-7H2;1-6H;1-2,4,9H,3,5H2;1-3,8H,4-5H2;5-7H,1-4H2,(H,8,9);8*4H,1-3H3;8*1-2H3. The number of nitrogens with one attached hydrogen (secondary N) is 5. The molecule has 6 atom stereocenters. The van der Waals surface area contributed by atoms with E-state index in [-0.39, 0.29) is 0 Å². The lowest BCUT2D eigenvalue weighted by Crippen LogP contribution is -2.42. The number of aliphatic imine (C=N–C) groups is 1. The van der Waals surface area contributed by atoms with Crippen molar-refractivity contribution in [3.05, 3.63) is 186 Å². The van der Waals surface area contributed by atoms with Crippen molar-refractivity contribution >= 4 is 49.4 Å². The topological polar surface area (TPSA) is 111 Å². The number of aromatic nitrogens is 3. The van der Waals surface area contributed by atoms with Crippen molar-refractivity contribution in [3.63, 3.8) is 0 Å². The Bertz CT molecular complexity index is 2870. The van der Waals surface area contributed by atoms with Crippen molar-refractivity contribution in [2.75, 3.05) is 19.6 Å². The monoisotopic (exact) mass is 1740 g/mol. The van der Waals surface area contributed by atoms with Crippen LogP contribution in [-0.4, -0.2) is 59.1 Å². The van der Waals surface area contributed by atoms with Gasteiger partial charge in [-0.3, -0.25) is 19.9 Å². The number of fused-ring (bicyclic) bond motifs is 8. The molecule has 0 radical (unpaired) electrons. The molecule has 0 spiro atoms. The molecule has 124 heavy (non-hydrogen) atoms. The molecule has 9 heterocycles. The van der Waals surface area contributed by atoms with Crippen LogP contribution in [0.2, 0.25) is 0 Å². The van der Waals surface area contributed by atoms with Gasteiger partial charge in [0, 0.05) is 73.1 Å². The molecule has 16 rings (SSSR count). The molecular weight excluding hydrogens is 1530 g/mol. The number of para-hydroxylation sites is 1. The second-order valence-electron chi connectivity index (χ2n) is 35.3. The zero-order valence-electron chi connectivity index (χ0n) is 89.5. The zero-order valence-corrected chi connectivity index (χ0v) is 90.3. The Labute approximate surface area is 779 Å². The van der Waals surface area contributed by atoms with E-state index in [1.54, 1.807) is 11.3 Å². The van der Waals surface area contributed by atoms with Crippen LogP contribution in [0.1, 0.15) is 396 Å². The van der Waals surface area contributed by atoms with Gasteiger partial charge in [-0.25, -0.2) is 0 Å². The minimum absolute atomic E-state index is 0.624. The van der Waals surface area contributed by atoms with E-state index in [1.165, 1.54) is 165 Å². The molecule has 3 saturated carbocycles. The lowest BCUT2D eigenvalue weighted by atomic mass is 9.76. The van der Waals surface area contributed by atoms with Gasteiger partial charge < -0.3 is 26.6 Å². The average molecular weight is 1740 g/mol. The zero-order chi connectivity index (χ0) is 96.3. The van der Waals surface area contributed by atoms with Crippen molar-refractivity contribution < 1.29 is 0 Å². The van der Waals surface area contributed by atoms with Crippen LogP contribution < -0.4 is 26.6 Å². The molecule has 0 bridgehead atoms. The molecule has 10 heteroatoms. The van der Waals surface area contributed by atoms with Crippen molar-refractivity contribution in [2.24, 2.45) is 70.1 Å². The summed E-state index contributed by atoms with van der Waals surface area (Å²) in [6, 6.07) is 47.7. The Kier molecular flexibility index (Phi) is 107. The predicted octanol–water partition coefficient (Wildman–Crippen LogP) is 35.5. The largest absolute Gasteiger partial charge is 0.372 e. The van der Waals surface area contributed by atoms with Gasteiger partial charge in [-0.1, -0.05) is 419 Å². The van der Waals surface area contributed by atoms with Gasteiger partial charge in [-0.2, -0.15) is 0 Å². The Morgan fingerprint density at radius 1 is 0.306 bits per heavy atom. The number of benzene rings is 4. The second-order valence-corrected chi connectivity index (χ2v) is 36.2. The predicted molar refractivity (Wildman–Crippen MR) is 576 cm³/mol. The molecule has 5 aliphatic heterocycles. The quantitative estimate of drug-likeness (QED) is 0.102. The molecule has 5 fully saturated rings. The lowest BCUT2D eigenvalue weighted by Gasteiger charge is -2.36. The van der Waals surface area contributed by atoms with Crippen LogP contribution >= 0.6 is 11.3 Å². The van der Waals surface area contributed by atoms with Gasteiger partial charge in [0.1, 0.15) is 0 Å². The maximum atomic E-state index is 4.32. The van der Waals surface area contributed by atoms with Crippen molar-refractivity contribution in [1.82, 2.24) is 41.5 Å². The smallest absolute Gasteiger partial charge is 0.0831 e. The van der Waals surface area contributed by atoms with E-state index < -0.39 is 0 Å². The fourth-order valence-electron chi connectivity index (χ4n) is 12.0. The number of pyridine rings is 3. The first-order valence-corrected chi connectivity index (χ1v) is 51.6. The Balaban J connectivity index is -0.000000193. The minimum Gasteiger partial charge on any atom is -0.372 e. The Morgan fingerprint density at radius 2 is 0.694 bits per heavy atom. The van der Waals surface area contributed by atoms with Gasteiger partial charge in [0.25, 0.3) is 0 Å². The normalized spacial score (nSPS) is 16.8. The van der Waals surface area contributed by atoms with E-state index in [9.17, 15) is 0 Å². The van der Waals surface area contributed by atoms with E-state index in [4.69, 9.17) is 0 Å². The van der Waals surface area contributed by atoms with Crippen LogP contribution in [0.5, 0.6) is 0 Å². The van der Waals surface area contributed by atoms with Crippen molar-refractivity contribution in [2.45, 2.75) is 418 Å². The van der Waals surface area contributed by atoms with Gasteiger partial charge in [-0.05, 0) is 211 Å². The first-order valence-electron chi connectivity index (χ1n) is 50.7. The SMILES string of the molecule is C1=NC2CCCCC2N1.C1CCC2CNCCC2C1.C1CCC2NCCCC2C1.CC.CC.CC.CC.CC.CC.CC.CC.CC(C)C.CC(C)C.CC(C)C.CC(C)C.CC(C)C.CC(C)C.CC(C)C.CC(C)C.c1cc2c(cn1)CNC2.c1ccc2ccccc2c1.c1ccc2ncccc2c1.c1ccc2sccc2c1.c1cnc2c(c1)CNC2. The Hall–Kier alpha value is -5.88. The van der Waals surface area contributed by atoms with E-state index in [2.05, 4.69) is 321 Å². The summed E-state index contributed by atoms with van der Waals surface area (Å²) in [5, 5.41) is 24.1. The molecule has 4 aromatic carbocycles. The maximum absolute atomic E-state index is 4.32. The molecule has 8 aromatic rings. The van der Waals surface area contributed by atoms with Crippen molar-refractivity contribution in [3.8, 4) is 0 Å². The number of piperidine rings is 2. The highest BCUT2D eigenvalue weighted by Gasteiger charge is 2.28. The van der Waals surface area contributed by atoms with Gasteiger partial charge in [-0.15, -0.1) is 11.3 Å². The van der Waals surface area contributed by atoms with E-state index >= 15 is 0 Å². The lowest BCUT2D eigenvalue weighted by molar-refractivity contribution is 0.185. The van der Waals surface area contributed by atoms with Crippen LogP contribution in [0, 0.1) is 65.1 Å². The number of hydrogen-bond donors (Lipinski definition) is 5. The summed E-state index contributed by atoms with van der Waals surface area (Å²) in [6.45, 7) is 91.8. The summed E-state index contributed by atoms with van der Waals surface area (Å²) in [4.78, 5) is 16.7. The highest BCUT2D eigenvalue weighted by molar-refractivity contribution is 7.17. The van der Waals surface area contributed by atoms with Crippen molar-refractivity contribution in [1.29, 1.82) is 0 Å². The third-order valence-corrected chi connectivity index (χ3v) is 17.2. The van der Waals surface area contributed by atoms with Crippen LogP contribution in [0.3, 0.4) is 0 Å². The molecular formula is C114H211N9S. The van der Waals surface area contributed by atoms with Gasteiger partial charge in [0.15, 0.2) is 0 Å². The summed E-state index contributed by atoms with van der Waals surface area (Å²) >= 11 is 1.79. The van der Waals surface area contributed by atoms with Crippen LogP contribution in [0.25, 0.3) is 31.8 Å². The van der Waals surface area contributed by atoms with Gasteiger partial charge in [0.05, 0.1) is 23.6 Å². The molecule has 0 amide bonds. The van der Waals surface area contributed by atoms with E-state index in [0.717, 1.165) is 103 Å². The summed E-state index contributed by atoms with van der Waals surface area (Å²) in [5.74, 6) is 9.85. The first kappa shape index (κ1) is 134. The summed E-state index contributed by atoms with van der Waals surface area (Å²) in [5.41, 5.74) is 6.35. The molecule has 8 aliphatic rings. The van der Waals surface area contributed by atoms with Crippen LogP contribution in [0.15, 0.2) is 169 Å². The Morgan fingerprint density at radius 3 is 1.15 bits per heavy atom. The van der Waals surface area contributed by atoms with Crippen LogP contribution in [-0.2, 0) is 26.2 Å². The number of hydrogen-bond acceptors (Lipinski definition) is 10. The molecule has 9 nitrogen and oxygen atoms in total. The number of rotatable bonds is 0. The number of thiophene rings is 1. The highest BCUT2D eigenvalue weighted by Crippen LogP contribution is 2.34. The molecule has 5 N–H and O–H groups in total. The van der Waals surface area contributed by atoms with E-state index in [0.29, 0.717) is 12.1 Å². The van der Waals surface area contributed by atoms with Gasteiger partial charge in [0.2, 0.25) is 0 Å². The third-order valence-electron chi connectivity index (χ3n) is 16.3. The molecule has 4 aromatic heterocycles. The fraction of sp³-hybridized carbons (Fsp3) is 0.667. The highest BCUT2D eigenvalue weighted by atomic mass is 32.1. The summed E-state index contributed by atoms with van der Waals surface area (Å²) in [6.07, 6.45) is 30.9. The number of nitrogens with zero attached hydrogens (tertiary/aromatic N) is 4. The summed E-state index contributed by atoms with van der Waals surface area (Å²) in [7, 11) is 0.